The first kappa shape index (κ1) is 12.8. The van der Waals surface area contributed by atoms with Crippen LogP contribution in [0, 0.1) is 0 Å². The van der Waals surface area contributed by atoms with Crippen LogP contribution in [0.3, 0.4) is 0 Å². The summed E-state index contributed by atoms with van der Waals surface area (Å²) in [5.41, 5.74) is 6.19. The third-order valence-electron chi connectivity index (χ3n) is 4.15. The van der Waals surface area contributed by atoms with Crippen molar-refractivity contribution in [1.29, 1.82) is 0 Å². The predicted octanol–water partition coefficient (Wildman–Crippen LogP) is 3.54. The number of hydrogen-bond donors (Lipinski definition) is 0. The molecule has 0 heterocycles. The number of amides is 1. The monoisotopic (exact) mass is 264 g/mol. The van der Waals surface area contributed by atoms with Crippen molar-refractivity contribution in [2.24, 2.45) is 0 Å². The summed E-state index contributed by atoms with van der Waals surface area (Å²) in [5, 5.41) is 0. The Hall–Kier alpha value is -2.19. The lowest BCUT2D eigenvalue weighted by atomic mass is 10.0. The van der Waals surface area contributed by atoms with Gasteiger partial charge in [-0.05, 0) is 22.8 Å². The van der Waals surface area contributed by atoms with Gasteiger partial charge in [0.2, 0.25) is 0 Å². The molecule has 2 aromatic rings. The molecule has 0 fully saturated rings. The van der Waals surface area contributed by atoms with Crippen LogP contribution >= 0.6 is 0 Å². The normalized spacial score (nSPS) is 12.7. The average molecular weight is 264 g/mol. The van der Waals surface area contributed by atoms with E-state index in [1.807, 2.05) is 26.2 Å². The van der Waals surface area contributed by atoms with Crippen molar-refractivity contribution in [2.75, 3.05) is 14.1 Å². The molecule has 1 aliphatic rings. The van der Waals surface area contributed by atoms with Crippen LogP contribution < -0.4 is 4.48 Å². The van der Waals surface area contributed by atoms with E-state index in [1.54, 1.807) is 0 Å². The maximum atomic E-state index is 12.2. The number of hydrogen-bond acceptors (Lipinski definition) is 1. The third kappa shape index (κ3) is 1.73. The van der Waals surface area contributed by atoms with Gasteiger partial charge in [-0.2, -0.15) is 0 Å². The van der Waals surface area contributed by atoms with Crippen LogP contribution in [0.15, 0.2) is 55.1 Å². The average Bonchev–Trinajstić information content (AvgIpc) is 2.84. The third-order valence-corrected chi connectivity index (χ3v) is 4.15. The van der Waals surface area contributed by atoms with Gasteiger partial charge >= 0.3 is 5.91 Å². The molecule has 3 rings (SSSR count). The maximum Gasteiger partial charge on any atom is 0.342 e. The molecule has 0 radical (unpaired) electrons. The molecule has 2 aromatic carbocycles. The SMILES string of the molecule is C=CC(=O)[N+](C)(C)c1cccc2c1Cc1ccccc1-2. The molecule has 2 nitrogen and oxygen atoms in total. The van der Waals surface area contributed by atoms with Crippen molar-refractivity contribution in [3.63, 3.8) is 0 Å². The minimum atomic E-state index is 0.00866. The minimum Gasteiger partial charge on any atom is -0.229 e. The zero-order valence-electron chi connectivity index (χ0n) is 11.9. The Labute approximate surface area is 119 Å². The van der Waals surface area contributed by atoms with Crippen molar-refractivity contribution in [3.05, 3.63) is 66.2 Å². The Morgan fingerprint density at radius 2 is 1.80 bits per heavy atom. The predicted molar refractivity (Wildman–Crippen MR) is 83.5 cm³/mol. The number of fused-ring (bicyclic) bond motifs is 3. The van der Waals surface area contributed by atoms with Gasteiger partial charge in [0.25, 0.3) is 0 Å². The molecule has 0 atom stereocenters. The molecule has 0 N–H and O–H groups in total. The van der Waals surface area contributed by atoms with Crippen LogP contribution in [0.4, 0.5) is 5.69 Å². The summed E-state index contributed by atoms with van der Waals surface area (Å²) in [6.07, 6.45) is 2.30. The van der Waals surface area contributed by atoms with E-state index in [0.29, 0.717) is 0 Å². The number of rotatable bonds is 2. The van der Waals surface area contributed by atoms with Gasteiger partial charge in [-0.1, -0.05) is 43.0 Å². The minimum absolute atomic E-state index is 0.00866. The summed E-state index contributed by atoms with van der Waals surface area (Å²) in [7, 11) is 3.84. The van der Waals surface area contributed by atoms with Crippen molar-refractivity contribution in [3.8, 4) is 11.1 Å². The Balaban J connectivity index is 2.19. The summed E-state index contributed by atoms with van der Waals surface area (Å²) in [5.74, 6) is 0.00866. The largest absolute Gasteiger partial charge is 0.342 e. The Kier molecular flexibility index (Phi) is 2.84. The fourth-order valence-corrected chi connectivity index (χ4v) is 3.01. The first-order valence-electron chi connectivity index (χ1n) is 6.77. The molecule has 20 heavy (non-hydrogen) atoms. The molecule has 0 saturated heterocycles. The molecule has 0 saturated carbocycles. The summed E-state index contributed by atoms with van der Waals surface area (Å²) in [6, 6.07) is 14.7. The zero-order valence-corrected chi connectivity index (χ0v) is 11.9. The van der Waals surface area contributed by atoms with Gasteiger partial charge < -0.3 is 0 Å². The second-order valence-electron chi connectivity index (χ2n) is 5.63. The van der Waals surface area contributed by atoms with Gasteiger partial charge in [-0.25, -0.2) is 9.28 Å². The van der Waals surface area contributed by atoms with Gasteiger partial charge in [-0.3, -0.25) is 0 Å². The van der Waals surface area contributed by atoms with Gasteiger partial charge in [0.15, 0.2) is 0 Å². The lowest BCUT2D eigenvalue weighted by Gasteiger charge is -2.27. The highest BCUT2D eigenvalue weighted by Crippen LogP contribution is 2.42. The van der Waals surface area contributed by atoms with E-state index in [1.165, 1.54) is 28.3 Å². The lowest BCUT2D eigenvalue weighted by molar-refractivity contribution is -0.123. The van der Waals surface area contributed by atoms with Crippen LogP contribution in [-0.2, 0) is 11.2 Å². The topological polar surface area (TPSA) is 17.1 Å². The molecule has 1 amide bonds. The van der Waals surface area contributed by atoms with Crippen LogP contribution in [0.25, 0.3) is 11.1 Å². The smallest absolute Gasteiger partial charge is 0.229 e. The second-order valence-corrected chi connectivity index (χ2v) is 5.63. The van der Waals surface area contributed by atoms with Crippen LogP contribution in [-0.4, -0.2) is 20.0 Å². The Bertz CT molecular complexity index is 713. The van der Waals surface area contributed by atoms with Crippen LogP contribution in [0.2, 0.25) is 0 Å². The quantitative estimate of drug-likeness (QED) is 0.511. The molecular formula is C18H18NO+. The molecule has 100 valence electrons. The molecule has 2 heteroatoms. The fraction of sp³-hybridized carbons (Fsp3) is 0.167. The summed E-state index contributed by atoms with van der Waals surface area (Å²) in [6.45, 7) is 3.62. The van der Waals surface area contributed by atoms with Crippen molar-refractivity contribution >= 4 is 11.6 Å². The first-order valence-corrected chi connectivity index (χ1v) is 6.77. The van der Waals surface area contributed by atoms with E-state index < -0.39 is 0 Å². The molecule has 0 unspecified atom stereocenters. The number of benzene rings is 2. The van der Waals surface area contributed by atoms with Crippen molar-refractivity contribution in [2.45, 2.75) is 6.42 Å². The highest BCUT2D eigenvalue weighted by molar-refractivity contribution is 5.98. The van der Waals surface area contributed by atoms with Crippen LogP contribution in [0.5, 0.6) is 0 Å². The van der Waals surface area contributed by atoms with E-state index in [2.05, 4.69) is 36.9 Å². The van der Waals surface area contributed by atoms with E-state index >= 15 is 0 Å². The van der Waals surface area contributed by atoms with E-state index in [0.717, 1.165) is 12.1 Å². The number of carbonyl (C=O) groups excluding carboxylic acids is 1. The fourth-order valence-electron chi connectivity index (χ4n) is 3.01. The van der Waals surface area contributed by atoms with Crippen LogP contribution in [0.1, 0.15) is 11.1 Å². The summed E-state index contributed by atoms with van der Waals surface area (Å²) >= 11 is 0. The van der Waals surface area contributed by atoms with Crippen molar-refractivity contribution in [1.82, 2.24) is 4.48 Å². The molecule has 0 bridgehead atoms. The zero-order chi connectivity index (χ0) is 14.3. The maximum absolute atomic E-state index is 12.2. The number of nitrogens with zero attached hydrogens (tertiary/aromatic N) is 1. The van der Waals surface area contributed by atoms with Gasteiger partial charge in [0.1, 0.15) is 5.69 Å². The van der Waals surface area contributed by atoms with Crippen molar-refractivity contribution < 1.29 is 4.79 Å². The molecule has 0 aromatic heterocycles. The Morgan fingerprint density at radius 3 is 2.55 bits per heavy atom. The van der Waals surface area contributed by atoms with Gasteiger partial charge in [0.05, 0.1) is 14.1 Å². The molecule has 0 aliphatic heterocycles. The van der Waals surface area contributed by atoms with E-state index in [9.17, 15) is 4.79 Å². The number of quaternary nitrogens is 1. The molecular weight excluding hydrogens is 246 g/mol. The number of likely N-dealkylation sites (N-methyl/N-ethyl adjacent to an activating group) is 1. The molecule has 0 spiro atoms. The highest BCUT2D eigenvalue weighted by atomic mass is 16.2. The second kappa shape index (κ2) is 4.43. The van der Waals surface area contributed by atoms with Gasteiger partial charge in [-0.15, -0.1) is 0 Å². The molecule has 1 aliphatic carbocycles. The van der Waals surface area contributed by atoms with Gasteiger partial charge in [0, 0.05) is 18.1 Å². The highest BCUT2D eigenvalue weighted by Gasteiger charge is 2.33. The summed E-state index contributed by atoms with van der Waals surface area (Å²) < 4.78 is 0.209. The standard InChI is InChI=1S/C18H18NO/c1-4-18(20)19(2,3)17-11-7-10-15-14-9-6-5-8-13(14)12-16(15)17/h4-11H,1,12H2,2-3H3/q+1. The Morgan fingerprint density at radius 1 is 1.10 bits per heavy atom. The first-order chi connectivity index (χ1) is 9.55. The number of carbonyl (C=O) groups is 1. The summed E-state index contributed by atoms with van der Waals surface area (Å²) in [4.78, 5) is 12.2. The lowest BCUT2D eigenvalue weighted by Crippen LogP contribution is -2.46. The van der Waals surface area contributed by atoms with E-state index in [4.69, 9.17) is 0 Å². The van der Waals surface area contributed by atoms with E-state index in [-0.39, 0.29) is 10.4 Å².